The van der Waals surface area contributed by atoms with Crippen molar-refractivity contribution >= 4 is 23.1 Å². The Kier molecular flexibility index (Phi) is 5.06. The molecule has 2 rings (SSSR count). The number of nitrogens with one attached hydrogen (secondary N) is 1. The molecule has 7 heteroatoms. The molecule has 0 bridgehead atoms. The predicted molar refractivity (Wildman–Crippen MR) is 81.1 cm³/mol. The summed E-state index contributed by atoms with van der Waals surface area (Å²) in [7, 11) is 0. The zero-order chi connectivity index (χ0) is 14.5. The molecule has 0 aliphatic carbocycles. The number of aliphatic hydroxyl groups is 1. The molecule has 0 atom stereocenters. The van der Waals surface area contributed by atoms with Crippen molar-refractivity contribution in [1.29, 1.82) is 0 Å². The first kappa shape index (κ1) is 14.9. The van der Waals surface area contributed by atoms with Gasteiger partial charge in [-0.05, 0) is 19.9 Å². The lowest BCUT2D eigenvalue weighted by Crippen LogP contribution is -2.19. The largest absolute Gasteiger partial charge is 0.384 e. The Labute approximate surface area is 125 Å². The number of rotatable bonds is 4. The van der Waals surface area contributed by atoms with Crippen LogP contribution in [0.2, 0.25) is 0 Å². The van der Waals surface area contributed by atoms with E-state index in [0.717, 1.165) is 16.2 Å². The number of aliphatic hydroxyl groups excluding tert-OH is 1. The molecule has 0 aliphatic rings. The number of nitrogens with zero attached hydrogens (tertiary/aromatic N) is 2. The second-order valence-corrected chi connectivity index (χ2v) is 6.26. The molecule has 0 spiro atoms. The van der Waals surface area contributed by atoms with Crippen LogP contribution in [0.1, 0.15) is 30.3 Å². The van der Waals surface area contributed by atoms with Crippen LogP contribution in [0.4, 0.5) is 0 Å². The molecule has 0 aliphatic heterocycles. The molecule has 5 nitrogen and oxygen atoms in total. The topological polar surface area (TPSA) is 70.9 Å². The maximum atomic E-state index is 11.6. The minimum Gasteiger partial charge on any atom is -0.384 e. The lowest BCUT2D eigenvalue weighted by atomic mass is 10.3. The van der Waals surface area contributed by atoms with Crippen LogP contribution >= 0.6 is 23.1 Å². The molecular formula is C13H15N3O2S2. The highest BCUT2D eigenvalue weighted by Crippen LogP contribution is 2.25. The Morgan fingerprint density at radius 2 is 2.40 bits per heavy atom. The SMILES string of the molecule is CC(C)n1c(SCc2cc(C#CCO)cs2)n[nH]c1=O. The second-order valence-electron chi connectivity index (χ2n) is 4.33. The summed E-state index contributed by atoms with van der Waals surface area (Å²) in [5, 5.41) is 17.8. The van der Waals surface area contributed by atoms with E-state index in [1.807, 2.05) is 25.3 Å². The molecule has 0 amide bonds. The average Bonchev–Trinajstić information content (AvgIpc) is 3.00. The summed E-state index contributed by atoms with van der Waals surface area (Å²) in [6.07, 6.45) is 0. The van der Waals surface area contributed by atoms with Crippen molar-refractivity contribution in [3.63, 3.8) is 0 Å². The third kappa shape index (κ3) is 3.54. The summed E-state index contributed by atoms with van der Waals surface area (Å²) in [4.78, 5) is 12.8. The number of aromatic nitrogens is 3. The monoisotopic (exact) mass is 309 g/mol. The van der Waals surface area contributed by atoms with Gasteiger partial charge in [-0.3, -0.25) is 4.57 Å². The van der Waals surface area contributed by atoms with Gasteiger partial charge in [-0.2, -0.15) is 0 Å². The minimum absolute atomic E-state index is 0.0815. The molecule has 2 aromatic heterocycles. The molecule has 0 saturated carbocycles. The molecule has 0 saturated heterocycles. The molecule has 106 valence electrons. The summed E-state index contributed by atoms with van der Waals surface area (Å²) in [5.41, 5.74) is 0.728. The van der Waals surface area contributed by atoms with Gasteiger partial charge < -0.3 is 5.11 Å². The molecule has 0 radical (unpaired) electrons. The number of hydrogen-bond donors (Lipinski definition) is 2. The summed E-state index contributed by atoms with van der Waals surface area (Å²) in [6.45, 7) is 3.78. The first-order valence-electron chi connectivity index (χ1n) is 6.08. The van der Waals surface area contributed by atoms with Gasteiger partial charge in [-0.15, -0.1) is 16.4 Å². The van der Waals surface area contributed by atoms with Crippen molar-refractivity contribution in [3.8, 4) is 11.8 Å². The number of thiophene rings is 1. The van der Waals surface area contributed by atoms with E-state index >= 15 is 0 Å². The number of thioether (sulfide) groups is 1. The number of H-pyrrole nitrogens is 1. The fraction of sp³-hybridized carbons (Fsp3) is 0.385. The van der Waals surface area contributed by atoms with Crippen LogP contribution in [-0.4, -0.2) is 26.5 Å². The van der Waals surface area contributed by atoms with Gasteiger partial charge >= 0.3 is 5.69 Å². The molecule has 2 aromatic rings. The van der Waals surface area contributed by atoms with Crippen LogP contribution in [0.15, 0.2) is 21.4 Å². The standard InChI is InChI=1S/C13H15N3O2S2/c1-9(2)16-12(18)14-15-13(16)20-8-11-6-10(7-19-11)4-3-5-17/h6-7,9,17H,5,8H2,1-2H3,(H,14,18). The highest BCUT2D eigenvalue weighted by molar-refractivity contribution is 7.98. The van der Waals surface area contributed by atoms with E-state index in [4.69, 9.17) is 5.11 Å². The zero-order valence-electron chi connectivity index (χ0n) is 11.2. The fourth-order valence-electron chi connectivity index (χ4n) is 1.65. The fourth-order valence-corrected chi connectivity index (χ4v) is 3.59. The van der Waals surface area contributed by atoms with Gasteiger partial charge in [0.05, 0.1) is 0 Å². The Morgan fingerprint density at radius 1 is 1.60 bits per heavy atom. The van der Waals surface area contributed by atoms with Gasteiger partial charge in [-0.25, -0.2) is 9.89 Å². The third-order valence-electron chi connectivity index (χ3n) is 2.50. The summed E-state index contributed by atoms with van der Waals surface area (Å²) >= 11 is 3.13. The first-order valence-corrected chi connectivity index (χ1v) is 7.95. The van der Waals surface area contributed by atoms with E-state index in [1.165, 1.54) is 11.8 Å². The third-order valence-corrected chi connectivity index (χ3v) is 4.62. The quantitative estimate of drug-likeness (QED) is 0.668. The van der Waals surface area contributed by atoms with Gasteiger partial charge in [0.25, 0.3) is 0 Å². The Hall–Kier alpha value is -1.49. The Bertz CT molecular complexity index is 688. The molecule has 2 N–H and O–H groups in total. The van der Waals surface area contributed by atoms with Crippen molar-refractivity contribution in [2.75, 3.05) is 6.61 Å². The molecule has 0 fully saturated rings. The van der Waals surface area contributed by atoms with E-state index in [9.17, 15) is 4.79 Å². The summed E-state index contributed by atoms with van der Waals surface area (Å²) in [6, 6.07) is 2.07. The smallest absolute Gasteiger partial charge is 0.344 e. The van der Waals surface area contributed by atoms with E-state index in [2.05, 4.69) is 22.0 Å². The molecule has 20 heavy (non-hydrogen) atoms. The normalized spacial score (nSPS) is 10.6. The second kappa shape index (κ2) is 6.79. The maximum absolute atomic E-state index is 11.6. The van der Waals surface area contributed by atoms with Crippen LogP contribution in [0.3, 0.4) is 0 Å². The van der Waals surface area contributed by atoms with Gasteiger partial charge in [0.2, 0.25) is 0 Å². The van der Waals surface area contributed by atoms with E-state index in [0.29, 0.717) is 5.16 Å². The van der Waals surface area contributed by atoms with E-state index in [1.54, 1.807) is 15.9 Å². The van der Waals surface area contributed by atoms with Crippen molar-refractivity contribution < 1.29 is 5.11 Å². The number of hydrogen-bond acceptors (Lipinski definition) is 5. The average molecular weight is 309 g/mol. The zero-order valence-corrected chi connectivity index (χ0v) is 12.8. The van der Waals surface area contributed by atoms with Gasteiger partial charge in [0.15, 0.2) is 5.16 Å². The number of aromatic amines is 1. The van der Waals surface area contributed by atoms with Crippen LogP contribution < -0.4 is 5.69 Å². The lowest BCUT2D eigenvalue weighted by Gasteiger charge is -2.07. The van der Waals surface area contributed by atoms with Crippen LogP contribution in [0, 0.1) is 11.8 Å². The summed E-state index contributed by atoms with van der Waals surface area (Å²) in [5.74, 6) is 6.23. The first-order chi connectivity index (χ1) is 9.61. The van der Waals surface area contributed by atoms with Crippen LogP contribution in [0.25, 0.3) is 0 Å². The Morgan fingerprint density at radius 3 is 3.10 bits per heavy atom. The Balaban J connectivity index is 2.06. The minimum atomic E-state index is -0.178. The summed E-state index contributed by atoms with van der Waals surface area (Å²) < 4.78 is 1.64. The van der Waals surface area contributed by atoms with E-state index in [-0.39, 0.29) is 18.3 Å². The lowest BCUT2D eigenvalue weighted by molar-refractivity contribution is 0.350. The van der Waals surface area contributed by atoms with Crippen molar-refractivity contribution in [1.82, 2.24) is 14.8 Å². The van der Waals surface area contributed by atoms with Gasteiger partial charge in [0.1, 0.15) is 6.61 Å². The van der Waals surface area contributed by atoms with Gasteiger partial charge in [0, 0.05) is 27.6 Å². The highest BCUT2D eigenvalue weighted by Gasteiger charge is 2.12. The van der Waals surface area contributed by atoms with Crippen molar-refractivity contribution in [2.24, 2.45) is 0 Å². The molecular weight excluding hydrogens is 294 g/mol. The van der Waals surface area contributed by atoms with Gasteiger partial charge in [-0.1, -0.05) is 23.6 Å². The molecule has 2 heterocycles. The maximum Gasteiger partial charge on any atom is 0.344 e. The van der Waals surface area contributed by atoms with Crippen molar-refractivity contribution in [3.05, 3.63) is 32.4 Å². The molecule has 0 aromatic carbocycles. The molecule has 0 unspecified atom stereocenters. The predicted octanol–water partition coefficient (Wildman–Crippen LogP) is 1.85. The highest BCUT2D eigenvalue weighted by atomic mass is 32.2. The van der Waals surface area contributed by atoms with Crippen LogP contribution in [-0.2, 0) is 5.75 Å². The van der Waals surface area contributed by atoms with E-state index < -0.39 is 0 Å². The van der Waals surface area contributed by atoms with Crippen LogP contribution in [0.5, 0.6) is 0 Å². The van der Waals surface area contributed by atoms with Crippen molar-refractivity contribution in [2.45, 2.75) is 30.8 Å².